The molecule has 0 bridgehead atoms. The molecular formula is C19H15Br2N. The highest BCUT2D eigenvalue weighted by atomic mass is 79.9. The summed E-state index contributed by atoms with van der Waals surface area (Å²) in [5.74, 6) is 0. The second-order valence-electron chi connectivity index (χ2n) is 5.02. The molecule has 3 rings (SSSR count). The Balaban J connectivity index is 1.70. The summed E-state index contributed by atoms with van der Waals surface area (Å²) in [5, 5.41) is 3.45. The second-order valence-corrected chi connectivity index (χ2v) is 6.67. The maximum Gasteiger partial charge on any atom is 0.0549 e. The van der Waals surface area contributed by atoms with Crippen LogP contribution < -0.4 is 5.32 Å². The van der Waals surface area contributed by atoms with Gasteiger partial charge in [-0.3, -0.25) is 0 Å². The van der Waals surface area contributed by atoms with Crippen LogP contribution in [-0.4, -0.2) is 0 Å². The van der Waals surface area contributed by atoms with Crippen molar-refractivity contribution in [1.82, 2.24) is 0 Å². The fraction of sp³-hybridized carbons (Fsp3) is 0.0526. The van der Waals surface area contributed by atoms with E-state index in [1.54, 1.807) is 0 Å². The van der Waals surface area contributed by atoms with Gasteiger partial charge in [-0.05, 0) is 60.7 Å². The molecule has 3 aromatic rings. The van der Waals surface area contributed by atoms with Crippen molar-refractivity contribution in [3.63, 3.8) is 0 Å². The van der Waals surface area contributed by atoms with Gasteiger partial charge in [0.15, 0.2) is 0 Å². The lowest BCUT2D eigenvalue weighted by Gasteiger charge is -2.10. The van der Waals surface area contributed by atoms with Crippen molar-refractivity contribution in [2.75, 3.05) is 5.32 Å². The molecule has 0 aliphatic carbocycles. The molecule has 0 saturated carbocycles. The van der Waals surface area contributed by atoms with Gasteiger partial charge < -0.3 is 5.32 Å². The van der Waals surface area contributed by atoms with Crippen LogP contribution in [0, 0.1) is 0 Å². The van der Waals surface area contributed by atoms with Gasteiger partial charge in [-0.1, -0.05) is 60.7 Å². The van der Waals surface area contributed by atoms with E-state index in [0.29, 0.717) is 0 Å². The minimum absolute atomic E-state index is 0.796. The predicted molar refractivity (Wildman–Crippen MR) is 101 cm³/mol. The van der Waals surface area contributed by atoms with Gasteiger partial charge in [0, 0.05) is 16.7 Å². The van der Waals surface area contributed by atoms with Crippen LogP contribution in [0.15, 0.2) is 81.7 Å². The number of hydrogen-bond acceptors (Lipinski definition) is 1. The summed E-state index contributed by atoms with van der Waals surface area (Å²) >= 11 is 7.11. The van der Waals surface area contributed by atoms with Crippen LogP contribution in [0.25, 0.3) is 11.1 Å². The highest BCUT2D eigenvalue weighted by molar-refractivity contribution is 9.13. The molecule has 0 fully saturated rings. The number of halogens is 2. The first-order valence-corrected chi connectivity index (χ1v) is 8.65. The summed E-state index contributed by atoms with van der Waals surface area (Å²) < 4.78 is 2.10. The summed E-state index contributed by atoms with van der Waals surface area (Å²) in [6, 6.07) is 25.2. The molecule has 110 valence electrons. The van der Waals surface area contributed by atoms with Gasteiger partial charge >= 0.3 is 0 Å². The number of benzene rings is 3. The van der Waals surface area contributed by atoms with Crippen LogP contribution >= 0.6 is 31.9 Å². The van der Waals surface area contributed by atoms with E-state index in [4.69, 9.17) is 0 Å². The third kappa shape index (κ3) is 3.60. The molecule has 0 saturated heterocycles. The summed E-state index contributed by atoms with van der Waals surface area (Å²) in [4.78, 5) is 0. The molecule has 0 aromatic heterocycles. The summed E-state index contributed by atoms with van der Waals surface area (Å²) in [6.45, 7) is 0.796. The van der Waals surface area contributed by atoms with E-state index in [9.17, 15) is 0 Å². The zero-order chi connectivity index (χ0) is 15.4. The highest BCUT2D eigenvalue weighted by Gasteiger charge is 2.03. The van der Waals surface area contributed by atoms with E-state index in [1.807, 2.05) is 18.2 Å². The van der Waals surface area contributed by atoms with Crippen LogP contribution in [-0.2, 0) is 6.54 Å². The van der Waals surface area contributed by atoms with E-state index < -0.39 is 0 Å². The molecular weight excluding hydrogens is 402 g/mol. The van der Waals surface area contributed by atoms with E-state index in [2.05, 4.69) is 91.8 Å². The Morgan fingerprint density at radius 2 is 1.36 bits per heavy atom. The van der Waals surface area contributed by atoms with Gasteiger partial charge in [0.05, 0.1) is 4.47 Å². The van der Waals surface area contributed by atoms with Crippen LogP contribution in [0.1, 0.15) is 5.56 Å². The molecule has 0 spiro atoms. The highest BCUT2D eigenvalue weighted by Crippen LogP contribution is 2.30. The Hall–Kier alpha value is -1.58. The Labute approximate surface area is 147 Å². The maximum absolute atomic E-state index is 3.59. The van der Waals surface area contributed by atoms with Gasteiger partial charge in [0.2, 0.25) is 0 Å². The van der Waals surface area contributed by atoms with Crippen molar-refractivity contribution in [2.45, 2.75) is 6.54 Å². The minimum atomic E-state index is 0.796. The Morgan fingerprint density at radius 1 is 0.682 bits per heavy atom. The quantitative estimate of drug-likeness (QED) is 0.512. The topological polar surface area (TPSA) is 12.0 Å². The van der Waals surface area contributed by atoms with Crippen LogP contribution in [0.3, 0.4) is 0 Å². The fourth-order valence-corrected chi connectivity index (χ4v) is 3.05. The third-order valence-electron chi connectivity index (χ3n) is 3.50. The summed E-state index contributed by atoms with van der Waals surface area (Å²) in [6.07, 6.45) is 0. The van der Waals surface area contributed by atoms with Gasteiger partial charge in [-0.15, -0.1) is 0 Å². The average Bonchev–Trinajstić information content (AvgIpc) is 2.57. The molecule has 0 aliphatic rings. The third-order valence-corrected chi connectivity index (χ3v) is 5.54. The first-order valence-electron chi connectivity index (χ1n) is 7.06. The molecule has 3 aromatic carbocycles. The van der Waals surface area contributed by atoms with Crippen LogP contribution in [0.2, 0.25) is 0 Å². The van der Waals surface area contributed by atoms with Crippen molar-refractivity contribution < 1.29 is 0 Å². The number of nitrogens with one attached hydrogen (secondary N) is 1. The lowest BCUT2D eigenvalue weighted by atomic mass is 10.0. The molecule has 3 heteroatoms. The fourth-order valence-electron chi connectivity index (χ4n) is 2.28. The van der Waals surface area contributed by atoms with Crippen molar-refractivity contribution in [2.24, 2.45) is 0 Å². The normalized spacial score (nSPS) is 10.5. The lowest BCUT2D eigenvalue weighted by Crippen LogP contribution is -2.00. The monoisotopic (exact) mass is 415 g/mol. The van der Waals surface area contributed by atoms with Gasteiger partial charge in [0.25, 0.3) is 0 Å². The van der Waals surface area contributed by atoms with E-state index >= 15 is 0 Å². The molecule has 0 aliphatic heterocycles. The Bertz CT molecular complexity index is 752. The van der Waals surface area contributed by atoms with E-state index in [0.717, 1.165) is 21.2 Å². The summed E-state index contributed by atoms with van der Waals surface area (Å²) in [7, 11) is 0. The average molecular weight is 417 g/mol. The standard InChI is InChI=1S/C19H15Br2N/c20-17-7-4-8-18(19(17)21)22-13-14-9-11-16(12-10-14)15-5-2-1-3-6-15/h1-12,22H,13H2. The van der Waals surface area contributed by atoms with E-state index in [-0.39, 0.29) is 0 Å². The van der Waals surface area contributed by atoms with Gasteiger partial charge in [0.1, 0.15) is 0 Å². The van der Waals surface area contributed by atoms with Crippen molar-refractivity contribution in [1.29, 1.82) is 0 Å². The maximum atomic E-state index is 3.59. The summed E-state index contributed by atoms with van der Waals surface area (Å²) in [5.41, 5.74) is 4.83. The molecule has 0 radical (unpaired) electrons. The van der Waals surface area contributed by atoms with Crippen molar-refractivity contribution in [3.05, 3.63) is 87.3 Å². The molecule has 0 atom stereocenters. The molecule has 1 nitrogen and oxygen atoms in total. The zero-order valence-corrected chi connectivity index (χ0v) is 15.1. The molecule has 0 amide bonds. The minimum Gasteiger partial charge on any atom is -0.380 e. The Kier molecular flexibility index (Phi) is 4.96. The predicted octanol–water partition coefficient (Wildman–Crippen LogP) is 6.49. The first-order chi connectivity index (χ1) is 10.7. The number of hydrogen-bond donors (Lipinski definition) is 1. The largest absolute Gasteiger partial charge is 0.380 e. The zero-order valence-electron chi connectivity index (χ0n) is 11.9. The molecule has 0 heterocycles. The smallest absolute Gasteiger partial charge is 0.0549 e. The van der Waals surface area contributed by atoms with Crippen molar-refractivity contribution in [3.8, 4) is 11.1 Å². The van der Waals surface area contributed by atoms with Gasteiger partial charge in [-0.25, -0.2) is 0 Å². The lowest BCUT2D eigenvalue weighted by molar-refractivity contribution is 1.14. The number of anilines is 1. The van der Waals surface area contributed by atoms with Gasteiger partial charge in [-0.2, -0.15) is 0 Å². The second kappa shape index (κ2) is 7.12. The molecule has 22 heavy (non-hydrogen) atoms. The first kappa shape index (κ1) is 15.3. The van der Waals surface area contributed by atoms with Crippen LogP contribution in [0.4, 0.5) is 5.69 Å². The SMILES string of the molecule is Brc1cccc(NCc2ccc(-c3ccccc3)cc2)c1Br. The van der Waals surface area contributed by atoms with Crippen molar-refractivity contribution >= 4 is 37.5 Å². The number of rotatable bonds is 4. The Morgan fingerprint density at radius 3 is 2.09 bits per heavy atom. The molecule has 1 N–H and O–H groups in total. The van der Waals surface area contributed by atoms with E-state index in [1.165, 1.54) is 16.7 Å². The molecule has 0 unspecified atom stereocenters. The van der Waals surface area contributed by atoms with Crippen LogP contribution in [0.5, 0.6) is 0 Å².